The highest BCUT2D eigenvalue weighted by Gasteiger charge is 2.75. The van der Waals surface area contributed by atoms with E-state index < -0.39 is 53.8 Å². The predicted molar refractivity (Wildman–Crippen MR) is 107 cm³/mol. The van der Waals surface area contributed by atoms with Crippen LogP contribution in [0.1, 0.15) is 26.2 Å². The molecule has 5 rings (SSSR count). The third kappa shape index (κ3) is 2.82. The lowest BCUT2D eigenvalue weighted by atomic mass is 9.89. The Morgan fingerprint density at radius 2 is 1.68 bits per heavy atom. The molecule has 0 heterocycles. The molecule has 2 fully saturated rings. The molecule has 0 spiro atoms. The maximum absolute atomic E-state index is 12.7. The van der Waals surface area contributed by atoms with E-state index in [-0.39, 0.29) is 12.5 Å². The number of carbonyl (C=O) groups excluding carboxylic acids is 1. The average molecular weight is 427 g/mol. The Morgan fingerprint density at radius 3 is 2.23 bits per heavy atom. The van der Waals surface area contributed by atoms with Crippen LogP contribution >= 0.6 is 0 Å². The molecule has 6 atom stereocenters. The molecule has 1 unspecified atom stereocenters. The number of alkyl carbamates (subject to hydrolysis) is 1. The largest absolute Gasteiger partial charge is 0.481 e. The Kier molecular flexibility index (Phi) is 3.80. The first kappa shape index (κ1) is 17.3. The number of hydrogen-bond acceptors (Lipinski definition) is 5. The van der Waals surface area contributed by atoms with Crippen LogP contribution < -0.4 is 5.32 Å². The summed E-state index contributed by atoms with van der Waals surface area (Å²) >= 11 is 0. The summed E-state index contributed by atoms with van der Waals surface area (Å²) in [5, 5.41) is 31.8. The van der Waals surface area contributed by atoms with Gasteiger partial charge in [0.1, 0.15) is 12.1 Å². The molecule has 31 heavy (non-hydrogen) atoms. The maximum atomic E-state index is 12.7. The van der Waals surface area contributed by atoms with Crippen molar-refractivity contribution in [3.8, 4) is 11.1 Å². The van der Waals surface area contributed by atoms with Gasteiger partial charge in [0.15, 0.2) is 0 Å². The lowest BCUT2D eigenvalue weighted by Crippen LogP contribution is -2.57. The molecule has 0 radical (unpaired) electrons. The SMILES string of the molecule is [3H]C1[C@]([3H])(O)[C@H]2[C@H](C(=O)O)[C@H]2[C@]1(NC(=O)OCC1c2ccccc2-c2ccccc21)C(=O)O. The van der Waals surface area contributed by atoms with Crippen molar-refractivity contribution in [1.29, 1.82) is 0 Å². The van der Waals surface area contributed by atoms with Crippen LogP contribution in [-0.2, 0) is 14.3 Å². The van der Waals surface area contributed by atoms with E-state index in [9.17, 15) is 29.7 Å². The minimum absolute atomic E-state index is 0.111. The fourth-order valence-corrected chi connectivity index (χ4v) is 5.16. The number of carboxylic acid groups (broad SMARTS) is 2. The van der Waals surface area contributed by atoms with Gasteiger partial charge in [-0.2, -0.15) is 0 Å². The number of aliphatic carboxylic acids is 2. The maximum Gasteiger partial charge on any atom is 0.408 e. The van der Waals surface area contributed by atoms with Gasteiger partial charge in [0, 0.05) is 25.5 Å². The van der Waals surface area contributed by atoms with E-state index in [1.165, 1.54) is 0 Å². The van der Waals surface area contributed by atoms with Gasteiger partial charge in [0.2, 0.25) is 0 Å². The van der Waals surface area contributed by atoms with Crippen LogP contribution in [-0.4, -0.2) is 51.6 Å². The summed E-state index contributed by atoms with van der Waals surface area (Å²) in [4.78, 5) is 36.4. The molecule has 0 saturated heterocycles. The molecule has 160 valence electrons. The summed E-state index contributed by atoms with van der Waals surface area (Å²) in [5.41, 5.74) is 1.47. The summed E-state index contributed by atoms with van der Waals surface area (Å²) in [7, 11) is 0. The van der Waals surface area contributed by atoms with Crippen LogP contribution in [0.3, 0.4) is 0 Å². The molecular weight excluding hydrogens is 402 g/mol. The summed E-state index contributed by atoms with van der Waals surface area (Å²) in [6.45, 7) is -0.111. The number of nitrogens with one attached hydrogen (secondary N) is 1. The third-order valence-electron chi connectivity index (χ3n) is 6.55. The smallest absolute Gasteiger partial charge is 0.408 e. The highest BCUT2D eigenvalue weighted by molar-refractivity contribution is 5.89. The van der Waals surface area contributed by atoms with Crippen molar-refractivity contribution in [1.82, 2.24) is 5.32 Å². The molecule has 3 aliphatic carbocycles. The first-order chi connectivity index (χ1) is 15.6. The summed E-state index contributed by atoms with van der Waals surface area (Å²) in [6.07, 6.45) is -5.78. The zero-order valence-electron chi connectivity index (χ0n) is 18.2. The zero-order chi connectivity index (χ0) is 23.7. The number of fused-ring (bicyclic) bond motifs is 4. The number of aliphatic hydroxyl groups is 1. The standard InChI is InChI=1S/C23H21NO7/c25-16-9-23(21(28)29,19-17(16)18(19)20(26)27)24-22(30)31-10-15-13-7-3-1-5-11(13)12-6-2-4-8-14(12)15/h1-8,15-19,25H,9-10H2,(H,24,30)(H,26,27)(H,28,29)/t16-,17-,18-,19-,23-/m0/s1/i9T,16T/t9?,16-,17-,18-,19-,23-. The van der Waals surface area contributed by atoms with Crippen molar-refractivity contribution >= 4 is 18.0 Å². The number of ether oxygens (including phenoxy) is 1. The first-order valence-electron chi connectivity index (χ1n) is 10.9. The van der Waals surface area contributed by atoms with E-state index in [0.717, 1.165) is 22.3 Å². The topological polar surface area (TPSA) is 133 Å². The normalized spacial score (nSPS) is 35.8. The van der Waals surface area contributed by atoms with Crippen LogP contribution in [0.5, 0.6) is 0 Å². The van der Waals surface area contributed by atoms with E-state index in [0.29, 0.717) is 0 Å². The second-order valence-electron chi connectivity index (χ2n) is 8.11. The van der Waals surface area contributed by atoms with Crippen LogP contribution in [0.15, 0.2) is 48.5 Å². The number of carboxylic acids is 2. The van der Waals surface area contributed by atoms with Crippen molar-refractivity contribution in [2.45, 2.75) is 23.9 Å². The molecule has 8 heteroatoms. The number of rotatable bonds is 5. The van der Waals surface area contributed by atoms with E-state index in [1.54, 1.807) is 0 Å². The average Bonchev–Trinajstić information content (AvgIpc) is 3.43. The molecular formula is C23H21NO7. The zero-order valence-corrected chi connectivity index (χ0v) is 16.2. The van der Waals surface area contributed by atoms with Gasteiger partial charge >= 0.3 is 18.0 Å². The monoisotopic (exact) mass is 427 g/mol. The van der Waals surface area contributed by atoms with Crippen molar-refractivity contribution in [3.63, 3.8) is 0 Å². The van der Waals surface area contributed by atoms with Crippen molar-refractivity contribution < 1.29 is 37.2 Å². The molecule has 8 nitrogen and oxygen atoms in total. The highest BCUT2D eigenvalue weighted by atomic mass is 16.5. The van der Waals surface area contributed by atoms with Gasteiger partial charge in [-0.1, -0.05) is 48.5 Å². The molecule has 2 aromatic rings. The number of benzene rings is 2. The van der Waals surface area contributed by atoms with Gasteiger partial charge in [-0.05, 0) is 22.3 Å². The van der Waals surface area contributed by atoms with Gasteiger partial charge in [-0.15, -0.1) is 0 Å². The van der Waals surface area contributed by atoms with Gasteiger partial charge < -0.3 is 25.4 Å². The lowest BCUT2D eigenvalue weighted by Gasteiger charge is -2.29. The number of hydrogen-bond donors (Lipinski definition) is 4. The first-order valence-corrected chi connectivity index (χ1v) is 9.86. The second kappa shape index (κ2) is 6.81. The quantitative estimate of drug-likeness (QED) is 0.574. The second-order valence-corrected chi connectivity index (χ2v) is 8.11. The van der Waals surface area contributed by atoms with Crippen LogP contribution in [0.25, 0.3) is 11.1 Å². The van der Waals surface area contributed by atoms with Crippen LogP contribution in [0, 0.1) is 17.8 Å². The molecule has 2 aromatic carbocycles. The van der Waals surface area contributed by atoms with Gasteiger partial charge in [0.05, 0.1) is 13.4 Å². The summed E-state index contributed by atoms with van der Waals surface area (Å²) in [5.74, 6) is -7.27. The number of amides is 1. The Labute approximate surface area is 180 Å². The summed E-state index contributed by atoms with van der Waals surface area (Å²) < 4.78 is 21.5. The Hall–Kier alpha value is -3.39. The Bertz CT molecular complexity index is 1140. The molecule has 0 aliphatic heterocycles. The predicted octanol–water partition coefficient (Wildman–Crippen LogP) is 2.06. The molecule has 0 bridgehead atoms. The molecule has 3 aliphatic rings. The number of carbonyl (C=O) groups is 3. The molecule has 0 aromatic heterocycles. The van der Waals surface area contributed by atoms with Crippen LogP contribution in [0.4, 0.5) is 4.79 Å². The summed E-state index contributed by atoms with van der Waals surface area (Å²) in [6, 6.07) is 15.3. The molecule has 2 saturated carbocycles. The van der Waals surface area contributed by atoms with Crippen molar-refractivity contribution in [2.24, 2.45) is 17.8 Å². The minimum Gasteiger partial charge on any atom is -0.481 e. The van der Waals surface area contributed by atoms with E-state index in [1.807, 2.05) is 48.5 Å². The fourth-order valence-electron chi connectivity index (χ4n) is 5.16. The third-order valence-corrected chi connectivity index (χ3v) is 6.55. The Balaban J connectivity index is 1.38. The lowest BCUT2D eigenvalue weighted by molar-refractivity contribution is -0.147. The van der Waals surface area contributed by atoms with E-state index >= 15 is 0 Å². The minimum atomic E-state index is -2.64. The molecule has 4 N–H and O–H groups in total. The highest BCUT2D eigenvalue weighted by Crippen LogP contribution is 2.62. The van der Waals surface area contributed by atoms with E-state index in [2.05, 4.69) is 5.32 Å². The van der Waals surface area contributed by atoms with Gasteiger partial charge in [-0.25, -0.2) is 9.59 Å². The Morgan fingerprint density at radius 1 is 1.10 bits per heavy atom. The molecule has 1 amide bonds. The van der Waals surface area contributed by atoms with Gasteiger partial charge in [-0.3, -0.25) is 4.79 Å². The van der Waals surface area contributed by atoms with Crippen LogP contribution in [0.2, 0.25) is 0 Å². The van der Waals surface area contributed by atoms with Crippen molar-refractivity contribution in [2.75, 3.05) is 6.61 Å². The van der Waals surface area contributed by atoms with Gasteiger partial charge in [0.25, 0.3) is 0 Å². The fraction of sp³-hybridized carbons (Fsp3) is 0.348. The van der Waals surface area contributed by atoms with E-state index in [4.69, 9.17) is 7.48 Å². The van der Waals surface area contributed by atoms with Crippen molar-refractivity contribution in [3.05, 3.63) is 59.7 Å².